The number of aromatic nitrogens is 3. The van der Waals surface area contributed by atoms with Gasteiger partial charge in [-0.3, -0.25) is 15.0 Å². The highest BCUT2D eigenvalue weighted by Gasteiger charge is 2.18. The van der Waals surface area contributed by atoms with Crippen molar-refractivity contribution in [2.75, 3.05) is 0 Å². The van der Waals surface area contributed by atoms with Gasteiger partial charge < -0.3 is 0 Å². The van der Waals surface area contributed by atoms with E-state index in [0.29, 0.717) is 0 Å². The fraction of sp³-hybridized carbons (Fsp3) is 0. The first-order valence-corrected chi connectivity index (χ1v) is 17.7. The smallest absolute Gasteiger partial charge is 0.0780 e. The van der Waals surface area contributed by atoms with Gasteiger partial charge in [0.1, 0.15) is 0 Å². The first kappa shape index (κ1) is 28.8. The molecule has 3 heterocycles. The van der Waals surface area contributed by atoms with E-state index in [2.05, 4.69) is 145 Å². The Morgan fingerprint density at radius 3 is 1.42 bits per heavy atom. The van der Waals surface area contributed by atoms with Crippen LogP contribution in [0.5, 0.6) is 0 Å². The second-order valence-corrected chi connectivity index (χ2v) is 13.6. The molecule has 0 aliphatic carbocycles. The van der Waals surface area contributed by atoms with Gasteiger partial charge in [-0.1, -0.05) is 115 Å². The predicted octanol–water partition coefficient (Wildman–Crippen LogP) is 12.9. The number of fused-ring (bicyclic) bond motifs is 3. The Hall–Kier alpha value is -6.97. The summed E-state index contributed by atoms with van der Waals surface area (Å²) < 4.78 is 0. The first-order valence-electron chi connectivity index (χ1n) is 17.7. The fourth-order valence-electron chi connectivity index (χ4n) is 8.41. The molecule has 0 saturated carbocycles. The average Bonchev–Trinajstić information content (AvgIpc) is 3.22. The predicted molar refractivity (Wildman–Crippen MR) is 218 cm³/mol. The van der Waals surface area contributed by atoms with Crippen LogP contribution in [-0.4, -0.2) is 15.0 Å². The van der Waals surface area contributed by atoms with Gasteiger partial charge in [0.2, 0.25) is 0 Å². The van der Waals surface area contributed by atoms with Crippen LogP contribution in [0.25, 0.3) is 109 Å². The standard InChI is InChI=1S/C49H29N3/c1-6-32-9-4-23-51-48(32)40(11-1)36-26-35(27-37(28-36)41-12-2-7-33-10-5-24-52-49(33)41)38-18-14-30-17-21-45-43(19-15-31-16-20-44(38)46(30)47(31)45)42-13-3-8-34-29-50-25-22-39(34)42/h1-29H. The van der Waals surface area contributed by atoms with E-state index in [1.807, 2.05) is 36.9 Å². The molecule has 0 spiro atoms. The van der Waals surface area contributed by atoms with Crippen molar-refractivity contribution < 1.29 is 0 Å². The van der Waals surface area contributed by atoms with Crippen LogP contribution in [0.1, 0.15) is 0 Å². The van der Waals surface area contributed by atoms with Crippen molar-refractivity contribution in [3.63, 3.8) is 0 Å². The minimum Gasteiger partial charge on any atom is -0.264 e. The Kier molecular flexibility index (Phi) is 6.25. The summed E-state index contributed by atoms with van der Waals surface area (Å²) in [4.78, 5) is 14.1. The number of para-hydroxylation sites is 2. The summed E-state index contributed by atoms with van der Waals surface area (Å²) in [6, 6.07) is 55.1. The van der Waals surface area contributed by atoms with Crippen molar-refractivity contribution in [3.8, 4) is 44.5 Å². The van der Waals surface area contributed by atoms with Crippen LogP contribution in [0.2, 0.25) is 0 Å². The van der Waals surface area contributed by atoms with Crippen LogP contribution in [0.3, 0.4) is 0 Å². The van der Waals surface area contributed by atoms with E-state index in [4.69, 9.17) is 9.97 Å². The van der Waals surface area contributed by atoms with Gasteiger partial charge in [0.15, 0.2) is 0 Å². The van der Waals surface area contributed by atoms with Gasteiger partial charge in [0.25, 0.3) is 0 Å². The summed E-state index contributed by atoms with van der Waals surface area (Å²) >= 11 is 0. The minimum atomic E-state index is 0.997. The first-order chi connectivity index (χ1) is 25.8. The lowest BCUT2D eigenvalue weighted by atomic mass is 9.85. The summed E-state index contributed by atoms with van der Waals surface area (Å²) in [6.45, 7) is 0. The molecule has 0 saturated heterocycles. The van der Waals surface area contributed by atoms with Crippen LogP contribution >= 0.6 is 0 Å². The molecule has 3 aromatic heterocycles. The number of pyridine rings is 3. The van der Waals surface area contributed by atoms with Gasteiger partial charge in [-0.2, -0.15) is 0 Å². The summed E-state index contributed by atoms with van der Waals surface area (Å²) in [5.41, 5.74) is 11.3. The highest BCUT2D eigenvalue weighted by molar-refractivity contribution is 6.28. The maximum absolute atomic E-state index is 4.85. The van der Waals surface area contributed by atoms with Crippen molar-refractivity contribution in [3.05, 3.63) is 176 Å². The van der Waals surface area contributed by atoms with Crippen molar-refractivity contribution in [1.29, 1.82) is 0 Å². The van der Waals surface area contributed by atoms with Crippen LogP contribution in [0.15, 0.2) is 176 Å². The van der Waals surface area contributed by atoms with Crippen LogP contribution in [-0.2, 0) is 0 Å². The zero-order valence-electron chi connectivity index (χ0n) is 28.1. The quantitative estimate of drug-likeness (QED) is 0.177. The molecule has 240 valence electrons. The SMILES string of the molecule is c1cc(-c2ccc3ccc4c(-c5cc(-c6cccc7cccnc67)cc(-c6cccc7cccnc67)c5)ccc5ccc2c3c54)c2ccncc2c1. The van der Waals surface area contributed by atoms with Gasteiger partial charge in [0.05, 0.1) is 11.0 Å². The van der Waals surface area contributed by atoms with Gasteiger partial charge in [-0.25, -0.2) is 0 Å². The molecule has 0 radical (unpaired) electrons. The molecular weight excluding hydrogens is 631 g/mol. The molecule has 8 aromatic carbocycles. The Morgan fingerprint density at radius 2 is 0.788 bits per heavy atom. The van der Waals surface area contributed by atoms with Crippen LogP contribution < -0.4 is 0 Å². The third kappa shape index (κ3) is 4.36. The molecule has 0 aliphatic heterocycles. The van der Waals surface area contributed by atoms with Crippen LogP contribution in [0.4, 0.5) is 0 Å². The fourth-order valence-corrected chi connectivity index (χ4v) is 8.41. The number of benzene rings is 8. The largest absolute Gasteiger partial charge is 0.264 e. The van der Waals surface area contributed by atoms with Crippen molar-refractivity contribution in [2.45, 2.75) is 0 Å². The topological polar surface area (TPSA) is 38.7 Å². The van der Waals surface area contributed by atoms with E-state index >= 15 is 0 Å². The zero-order chi connectivity index (χ0) is 34.2. The third-order valence-corrected chi connectivity index (χ3v) is 10.8. The van der Waals surface area contributed by atoms with Crippen molar-refractivity contribution >= 4 is 64.9 Å². The summed E-state index contributed by atoms with van der Waals surface area (Å²) in [5, 5.41) is 12.2. The lowest BCUT2D eigenvalue weighted by Crippen LogP contribution is -1.92. The Morgan fingerprint density at radius 1 is 0.308 bits per heavy atom. The van der Waals surface area contributed by atoms with Crippen molar-refractivity contribution in [1.82, 2.24) is 15.0 Å². The monoisotopic (exact) mass is 659 g/mol. The molecule has 3 heteroatoms. The highest BCUT2D eigenvalue weighted by Crippen LogP contribution is 2.45. The number of hydrogen-bond acceptors (Lipinski definition) is 3. The molecule has 0 fully saturated rings. The second-order valence-electron chi connectivity index (χ2n) is 13.6. The number of rotatable bonds is 4. The molecular formula is C49H29N3. The number of nitrogens with zero attached hydrogens (tertiary/aromatic N) is 3. The maximum atomic E-state index is 4.85. The molecule has 0 aliphatic rings. The Balaban J connectivity index is 1.20. The lowest BCUT2D eigenvalue weighted by molar-refractivity contribution is 1.36. The molecule has 0 N–H and O–H groups in total. The van der Waals surface area contributed by atoms with E-state index in [1.165, 1.54) is 54.4 Å². The summed E-state index contributed by atoms with van der Waals surface area (Å²) in [6.07, 6.45) is 7.61. The van der Waals surface area contributed by atoms with Gasteiger partial charge in [-0.05, 0) is 107 Å². The van der Waals surface area contributed by atoms with Gasteiger partial charge in [-0.15, -0.1) is 0 Å². The van der Waals surface area contributed by atoms with E-state index in [9.17, 15) is 0 Å². The van der Waals surface area contributed by atoms with Crippen LogP contribution in [0, 0.1) is 0 Å². The molecule has 0 atom stereocenters. The molecule has 0 amide bonds. The van der Waals surface area contributed by atoms with E-state index < -0.39 is 0 Å². The summed E-state index contributed by atoms with van der Waals surface area (Å²) in [5.74, 6) is 0. The van der Waals surface area contributed by atoms with Crippen molar-refractivity contribution in [2.24, 2.45) is 0 Å². The normalized spacial score (nSPS) is 11.8. The molecule has 11 aromatic rings. The third-order valence-electron chi connectivity index (χ3n) is 10.8. The van der Waals surface area contributed by atoms with E-state index in [1.54, 1.807) is 0 Å². The second kappa shape index (κ2) is 11.3. The Labute approximate surface area is 299 Å². The summed E-state index contributed by atoms with van der Waals surface area (Å²) in [7, 11) is 0. The zero-order valence-corrected chi connectivity index (χ0v) is 28.1. The molecule has 11 rings (SSSR count). The molecule has 0 bridgehead atoms. The van der Waals surface area contributed by atoms with Gasteiger partial charge in [0, 0.05) is 52.1 Å². The Bertz CT molecular complexity index is 3080. The van der Waals surface area contributed by atoms with Gasteiger partial charge >= 0.3 is 0 Å². The average molecular weight is 660 g/mol. The molecule has 52 heavy (non-hydrogen) atoms. The highest BCUT2D eigenvalue weighted by atomic mass is 14.7. The lowest BCUT2D eigenvalue weighted by Gasteiger charge is -2.18. The molecule has 3 nitrogen and oxygen atoms in total. The van der Waals surface area contributed by atoms with E-state index in [0.717, 1.165) is 55.0 Å². The minimum absolute atomic E-state index is 0.997. The van der Waals surface area contributed by atoms with E-state index in [-0.39, 0.29) is 0 Å². The molecule has 0 unspecified atom stereocenters. The number of hydrogen-bond donors (Lipinski definition) is 0. The maximum Gasteiger partial charge on any atom is 0.0780 e.